The first-order chi connectivity index (χ1) is 6.61. The topological polar surface area (TPSA) is 92.2 Å². The molecule has 6 heteroatoms. The lowest BCUT2D eigenvalue weighted by Crippen LogP contribution is -2.38. The van der Waals surface area contributed by atoms with Gasteiger partial charge in [-0.1, -0.05) is 0 Å². The molecule has 2 N–H and O–H groups in total. The number of carboxylic acids is 1. The molecule has 0 saturated carbocycles. The van der Waals surface area contributed by atoms with Gasteiger partial charge < -0.3 is 10.4 Å². The number of aliphatic carboxylic acids is 1. The van der Waals surface area contributed by atoms with Crippen molar-refractivity contribution in [1.82, 2.24) is 15.3 Å². The Labute approximate surface area is 80.0 Å². The summed E-state index contributed by atoms with van der Waals surface area (Å²) >= 11 is 0. The Bertz CT molecular complexity index is 339. The van der Waals surface area contributed by atoms with Gasteiger partial charge >= 0.3 is 5.97 Å². The third kappa shape index (κ3) is 2.51. The summed E-state index contributed by atoms with van der Waals surface area (Å²) in [5.41, 5.74) is 0.146. The van der Waals surface area contributed by atoms with Gasteiger partial charge in [-0.15, -0.1) is 0 Å². The summed E-state index contributed by atoms with van der Waals surface area (Å²) in [6.45, 7) is 1.38. The SMILES string of the molecule is CC(NC(=O)c1ccncn1)C(=O)O. The summed E-state index contributed by atoms with van der Waals surface area (Å²) in [7, 11) is 0. The molecule has 1 aromatic rings. The molecule has 0 radical (unpaired) electrons. The highest BCUT2D eigenvalue weighted by Gasteiger charge is 2.15. The molecule has 0 fully saturated rings. The monoisotopic (exact) mass is 195 g/mol. The van der Waals surface area contributed by atoms with E-state index in [1.807, 2.05) is 0 Å². The number of carbonyl (C=O) groups is 2. The molecule has 14 heavy (non-hydrogen) atoms. The van der Waals surface area contributed by atoms with E-state index in [0.717, 1.165) is 0 Å². The van der Waals surface area contributed by atoms with Crippen molar-refractivity contribution in [2.45, 2.75) is 13.0 Å². The van der Waals surface area contributed by atoms with Gasteiger partial charge in [-0.2, -0.15) is 0 Å². The van der Waals surface area contributed by atoms with Gasteiger partial charge in [0.05, 0.1) is 0 Å². The molecular formula is C8H9N3O3. The van der Waals surface area contributed by atoms with Crippen molar-refractivity contribution in [3.63, 3.8) is 0 Å². The van der Waals surface area contributed by atoms with E-state index in [0.29, 0.717) is 0 Å². The molecule has 0 bridgehead atoms. The van der Waals surface area contributed by atoms with Crippen LogP contribution in [0.1, 0.15) is 17.4 Å². The van der Waals surface area contributed by atoms with Crippen LogP contribution in [0.3, 0.4) is 0 Å². The largest absolute Gasteiger partial charge is 0.480 e. The first kappa shape index (κ1) is 10.1. The van der Waals surface area contributed by atoms with Crippen LogP contribution in [-0.2, 0) is 4.79 Å². The molecule has 1 atom stereocenters. The highest BCUT2D eigenvalue weighted by molar-refractivity contribution is 5.94. The second kappa shape index (κ2) is 4.31. The highest BCUT2D eigenvalue weighted by atomic mass is 16.4. The number of nitrogens with one attached hydrogen (secondary N) is 1. The van der Waals surface area contributed by atoms with E-state index in [2.05, 4.69) is 15.3 Å². The summed E-state index contributed by atoms with van der Waals surface area (Å²) in [5, 5.41) is 10.8. The minimum absolute atomic E-state index is 0.146. The number of aromatic nitrogens is 2. The average Bonchev–Trinajstić information content (AvgIpc) is 2.19. The Hall–Kier alpha value is -1.98. The van der Waals surface area contributed by atoms with Gasteiger partial charge in [0.15, 0.2) is 0 Å². The first-order valence-electron chi connectivity index (χ1n) is 3.91. The van der Waals surface area contributed by atoms with Crippen LogP contribution in [0.15, 0.2) is 18.6 Å². The molecule has 6 nitrogen and oxygen atoms in total. The van der Waals surface area contributed by atoms with Crippen LogP contribution in [0.25, 0.3) is 0 Å². The van der Waals surface area contributed by atoms with Crippen molar-refractivity contribution in [1.29, 1.82) is 0 Å². The van der Waals surface area contributed by atoms with Crippen molar-refractivity contribution in [2.75, 3.05) is 0 Å². The Balaban J connectivity index is 2.64. The molecule has 0 aromatic carbocycles. The number of carboxylic acid groups (broad SMARTS) is 1. The van der Waals surface area contributed by atoms with Gasteiger partial charge in [-0.25, -0.2) is 9.97 Å². The minimum atomic E-state index is -1.09. The molecule has 1 heterocycles. The van der Waals surface area contributed by atoms with E-state index < -0.39 is 17.9 Å². The maximum absolute atomic E-state index is 11.3. The number of nitrogens with zero attached hydrogens (tertiary/aromatic N) is 2. The molecule has 1 unspecified atom stereocenters. The van der Waals surface area contributed by atoms with E-state index in [1.54, 1.807) is 0 Å². The molecule has 1 rings (SSSR count). The summed E-state index contributed by atoms with van der Waals surface area (Å²) < 4.78 is 0. The van der Waals surface area contributed by atoms with Crippen LogP contribution in [0.4, 0.5) is 0 Å². The third-order valence-corrected chi connectivity index (χ3v) is 1.53. The minimum Gasteiger partial charge on any atom is -0.480 e. The molecule has 74 valence electrons. The standard InChI is InChI=1S/C8H9N3O3/c1-5(8(13)14)11-7(12)6-2-3-9-4-10-6/h2-5H,1H3,(H,11,12)(H,13,14). The molecular weight excluding hydrogens is 186 g/mol. The van der Waals surface area contributed by atoms with Crippen molar-refractivity contribution >= 4 is 11.9 Å². The van der Waals surface area contributed by atoms with E-state index in [1.165, 1.54) is 25.5 Å². The lowest BCUT2D eigenvalue weighted by molar-refractivity contribution is -0.138. The summed E-state index contributed by atoms with van der Waals surface area (Å²) in [5.74, 6) is -1.62. The Morgan fingerprint density at radius 3 is 2.79 bits per heavy atom. The van der Waals surface area contributed by atoms with Crippen molar-refractivity contribution in [2.24, 2.45) is 0 Å². The summed E-state index contributed by atoms with van der Waals surface area (Å²) in [6.07, 6.45) is 2.63. The lowest BCUT2D eigenvalue weighted by Gasteiger charge is -2.07. The van der Waals surface area contributed by atoms with Crippen LogP contribution in [0.2, 0.25) is 0 Å². The molecule has 0 aliphatic carbocycles. The Kier molecular flexibility index (Phi) is 3.11. The molecule has 1 amide bonds. The third-order valence-electron chi connectivity index (χ3n) is 1.53. The molecule has 1 aromatic heterocycles. The predicted octanol–water partition coefficient (Wildman–Crippen LogP) is -0.320. The Morgan fingerprint density at radius 1 is 1.57 bits per heavy atom. The maximum Gasteiger partial charge on any atom is 0.325 e. The van der Waals surface area contributed by atoms with Crippen LogP contribution < -0.4 is 5.32 Å². The fourth-order valence-corrected chi connectivity index (χ4v) is 0.757. The van der Waals surface area contributed by atoms with Gasteiger partial charge in [-0.3, -0.25) is 9.59 Å². The van der Waals surface area contributed by atoms with Gasteiger partial charge in [0, 0.05) is 6.20 Å². The predicted molar refractivity (Wildman–Crippen MR) is 46.6 cm³/mol. The van der Waals surface area contributed by atoms with Crippen molar-refractivity contribution in [3.05, 3.63) is 24.3 Å². The van der Waals surface area contributed by atoms with Crippen molar-refractivity contribution < 1.29 is 14.7 Å². The Morgan fingerprint density at radius 2 is 2.29 bits per heavy atom. The molecule has 0 saturated heterocycles. The summed E-state index contributed by atoms with van der Waals surface area (Å²) in [6, 6.07) is 0.474. The first-order valence-corrected chi connectivity index (χ1v) is 3.91. The number of hydrogen-bond acceptors (Lipinski definition) is 4. The second-order valence-corrected chi connectivity index (χ2v) is 2.63. The van der Waals surface area contributed by atoms with E-state index >= 15 is 0 Å². The van der Waals surface area contributed by atoms with Crippen LogP contribution in [-0.4, -0.2) is 33.0 Å². The van der Waals surface area contributed by atoms with Gasteiger partial charge in [-0.05, 0) is 13.0 Å². The van der Waals surface area contributed by atoms with E-state index in [9.17, 15) is 9.59 Å². The quantitative estimate of drug-likeness (QED) is 0.689. The highest BCUT2D eigenvalue weighted by Crippen LogP contribution is 1.92. The summed E-state index contributed by atoms with van der Waals surface area (Å²) in [4.78, 5) is 29.0. The smallest absolute Gasteiger partial charge is 0.325 e. The average molecular weight is 195 g/mol. The van der Waals surface area contributed by atoms with Crippen LogP contribution in [0, 0.1) is 0 Å². The number of hydrogen-bond donors (Lipinski definition) is 2. The van der Waals surface area contributed by atoms with E-state index in [-0.39, 0.29) is 5.69 Å². The fourth-order valence-electron chi connectivity index (χ4n) is 0.757. The number of carbonyl (C=O) groups excluding carboxylic acids is 1. The van der Waals surface area contributed by atoms with Gasteiger partial charge in [0.2, 0.25) is 0 Å². The van der Waals surface area contributed by atoms with E-state index in [4.69, 9.17) is 5.11 Å². The number of rotatable bonds is 3. The normalized spacial score (nSPS) is 11.8. The lowest BCUT2D eigenvalue weighted by atomic mass is 10.3. The zero-order valence-corrected chi connectivity index (χ0v) is 7.47. The van der Waals surface area contributed by atoms with Crippen LogP contribution >= 0.6 is 0 Å². The molecule has 0 spiro atoms. The second-order valence-electron chi connectivity index (χ2n) is 2.63. The molecule has 0 aliphatic heterocycles. The van der Waals surface area contributed by atoms with Gasteiger partial charge in [0.25, 0.3) is 5.91 Å². The maximum atomic E-state index is 11.3. The zero-order chi connectivity index (χ0) is 10.6. The fraction of sp³-hybridized carbons (Fsp3) is 0.250. The van der Waals surface area contributed by atoms with Crippen LogP contribution in [0.5, 0.6) is 0 Å². The van der Waals surface area contributed by atoms with Gasteiger partial charge in [0.1, 0.15) is 18.1 Å². The molecule has 0 aliphatic rings. The number of amides is 1. The van der Waals surface area contributed by atoms with Crippen molar-refractivity contribution in [3.8, 4) is 0 Å². The zero-order valence-electron chi connectivity index (χ0n) is 7.47.